The second-order valence-corrected chi connectivity index (χ2v) is 6.39. The Kier molecular flexibility index (Phi) is 6.67. The van der Waals surface area contributed by atoms with Crippen molar-refractivity contribution < 1.29 is 19.5 Å². The molecule has 2 aromatic carbocycles. The van der Waals surface area contributed by atoms with Crippen LogP contribution in [0.5, 0.6) is 0 Å². The minimum Gasteiger partial charge on any atom is -0.478 e. The second-order valence-electron chi connectivity index (χ2n) is 6.39. The quantitative estimate of drug-likeness (QED) is 0.677. The fraction of sp³-hybridized carbons (Fsp3) is 0.250. The number of carbonyl (C=O) groups is 3. The molecule has 0 saturated carbocycles. The second kappa shape index (κ2) is 8.95. The molecule has 3 N–H and O–H groups in total. The van der Waals surface area contributed by atoms with Crippen LogP contribution in [0.15, 0.2) is 48.5 Å². The highest BCUT2D eigenvalue weighted by Crippen LogP contribution is 2.18. The van der Waals surface area contributed by atoms with Gasteiger partial charge in [-0.2, -0.15) is 0 Å². The van der Waals surface area contributed by atoms with Crippen LogP contribution in [0, 0.1) is 6.92 Å². The summed E-state index contributed by atoms with van der Waals surface area (Å²) in [6.45, 7) is 1.98. The fourth-order valence-corrected chi connectivity index (χ4v) is 2.61. The number of hydrogen-bond acceptors (Lipinski definition) is 4. The number of carboxylic acids is 1. The van der Waals surface area contributed by atoms with Gasteiger partial charge in [0, 0.05) is 12.2 Å². The van der Waals surface area contributed by atoms with E-state index in [0.29, 0.717) is 11.3 Å². The summed E-state index contributed by atoms with van der Waals surface area (Å²) in [6, 6.07) is 13.9. The first kappa shape index (κ1) is 20.1. The van der Waals surface area contributed by atoms with E-state index in [2.05, 4.69) is 10.6 Å². The van der Waals surface area contributed by atoms with Crippen LogP contribution in [0.1, 0.15) is 27.5 Å². The van der Waals surface area contributed by atoms with Gasteiger partial charge in [-0.25, -0.2) is 4.79 Å². The van der Waals surface area contributed by atoms with E-state index in [4.69, 9.17) is 5.11 Å². The van der Waals surface area contributed by atoms with Gasteiger partial charge in [-0.1, -0.05) is 36.4 Å². The predicted molar refractivity (Wildman–Crippen MR) is 103 cm³/mol. The maximum Gasteiger partial charge on any atom is 0.335 e. The highest BCUT2D eigenvalue weighted by Gasteiger charge is 2.19. The van der Waals surface area contributed by atoms with E-state index >= 15 is 0 Å². The van der Waals surface area contributed by atoms with Crippen molar-refractivity contribution in [2.45, 2.75) is 13.0 Å². The number of amides is 2. The van der Waals surface area contributed by atoms with Crippen molar-refractivity contribution in [3.8, 4) is 0 Å². The molecule has 0 aromatic heterocycles. The van der Waals surface area contributed by atoms with Crippen molar-refractivity contribution in [3.05, 3.63) is 65.2 Å². The van der Waals surface area contributed by atoms with E-state index in [1.165, 1.54) is 12.1 Å². The minimum absolute atomic E-state index is 0.0352. The van der Waals surface area contributed by atoms with Crippen LogP contribution < -0.4 is 10.6 Å². The number of nitrogens with one attached hydrogen (secondary N) is 2. The van der Waals surface area contributed by atoms with Crippen LogP contribution in [0.3, 0.4) is 0 Å². The lowest BCUT2D eigenvalue weighted by atomic mass is 10.1. The standard InChI is InChI=1S/C20H23N3O4/c1-13-9-10-15(20(26)27)11-16(13)22-19(25)18(24)21-12-17(23(2)3)14-7-5-4-6-8-14/h4-11,17H,12H2,1-3H3,(H,21,24)(H,22,25)(H,26,27). The zero-order valence-corrected chi connectivity index (χ0v) is 15.5. The predicted octanol–water partition coefficient (Wildman–Crippen LogP) is 2.05. The van der Waals surface area contributed by atoms with E-state index < -0.39 is 17.8 Å². The van der Waals surface area contributed by atoms with E-state index in [0.717, 1.165) is 5.56 Å². The molecule has 0 fully saturated rings. The summed E-state index contributed by atoms with van der Waals surface area (Å²) in [4.78, 5) is 37.4. The third-order valence-electron chi connectivity index (χ3n) is 4.20. The molecule has 0 aliphatic rings. The molecule has 27 heavy (non-hydrogen) atoms. The van der Waals surface area contributed by atoms with Crippen molar-refractivity contribution in [1.29, 1.82) is 0 Å². The summed E-state index contributed by atoms with van der Waals surface area (Å²) >= 11 is 0. The number of hydrogen-bond donors (Lipinski definition) is 3. The summed E-state index contributed by atoms with van der Waals surface area (Å²) in [5.41, 5.74) is 2.01. The Morgan fingerprint density at radius 3 is 2.30 bits per heavy atom. The van der Waals surface area contributed by atoms with Crippen LogP contribution in [0.2, 0.25) is 0 Å². The van der Waals surface area contributed by atoms with E-state index in [1.54, 1.807) is 13.0 Å². The molecule has 0 heterocycles. The summed E-state index contributed by atoms with van der Waals surface area (Å²) in [6.07, 6.45) is 0. The molecule has 1 atom stereocenters. The van der Waals surface area contributed by atoms with Crippen LogP contribution in [-0.2, 0) is 9.59 Å². The molecule has 0 saturated heterocycles. The molecule has 7 heteroatoms. The number of rotatable bonds is 6. The SMILES string of the molecule is Cc1ccc(C(=O)O)cc1NC(=O)C(=O)NCC(c1ccccc1)N(C)C. The van der Waals surface area contributed by atoms with Gasteiger partial charge in [0.15, 0.2) is 0 Å². The number of nitrogens with zero attached hydrogens (tertiary/aromatic N) is 1. The average Bonchev–Trinajstić information content (AvgIpc) is 2.63. The smallest absolute Gasteiger partial charge is 0.335 e. The highest BCUT2D eigenvalue weighted by molar-refractivity contribution is 6.39. The molecular weight excluding hydrogens is 346 g/mol. The Bertz CT molecular complexity index is 834. The zero-order chi connectivity index (χ0) is 20.0. The summed E-state index contributed by atoms with van der Waals surface area (Å²) in [5.74, 6) is -2.73. The Morgan fingerprint density at radius 2 is 1.70 bits per heavy atom. The van der Waals surface area contributed by atoms with Crippen LogP contribution in [0.4, 0.5) is 5.69 Å². The number of carbonyl (C=O) groups excluding carboxylic acids is 2. The van der Waals surface area contributed by atoms with Crippen molar-refractivity contribution in [1.82, 2.24) is 10.2 Å². The average molecular weight is 369 g/mol. The third-order valence-corrected chi connectivity index (χ3v) is 4.20. The van der Waals surface area contributed by atoms with Gasteiger partial charge in [0.25, 0.3) is 0 Å². The van der Waals surface area contributed by atoms with Gasteiger partial charge < -0.3 is 20.6 Å². The number of aromatic carboxylic acids is 1. The summed E-state index contributed by atoms with van der Waals surface area (Å²) < 4.78 is 0. The molecule has 0 radical (unpaired) electrons. The first-order chi connectivity index (χ1) is 12.8. The molecule has 2 aromatic rings. The normalized spacial score (nSPS) is 11.7. The van der Waals surface area contributed by atoms with Gasteiger partial charge in [-0.05, 0) is 44.3 Å². The highest BCUT2D eigenvalue weighted by atomic mass is 16.4. The fourth-order valence-electron chi connectivity index (χ4n) is 2.61. The topological polar surface area (TPSA) is 98.7 Å². The van der Waals surface area contributed by atoms with Gasteiger partial charge in [0.1, 0.15) is 0 Å². The Balaban J connectivity index is 2.02. The molecular formula is C20H23N3O4. The van der Waals surface area contributed by atoms with E-state index in [-0.39, 0.29) is 18.2 Å². The molecule has 7 nitrogen and oxygen atoms in total. The largest absolute Gasteiger partial charge is 0.478 e. The first-order valence-corrected chi connectivity index (χ1v) is 8.44. The molecule has 0 aliphatic heterocycles. The molecule has 2 rings (SSSR count). The molecule has 0 aliphatic carbocycles. The summed E-state index contributed by atoms with van der Waals surface area (Å²) in [5, 5.41) is 14.2. The minimum atomic E-state index is -1.10. The van der Waals surface area contributed by atoms with Crippen molar-refractivity contribution in [3.63, 3.8) is 0 Å². The van der Waals surface area contributed by atoms with Crippen LogP contribution in [-0.4, -0.2) is 48.4 Å². The lowest BCUT2D eigenvalue weighted by Crippen LogP contribution is -2.40. The van der Waals surface area contributed by atoms with Crippen molar-refractivity contribution in [2.75, 3.05) is 26.0 Å². The monoisotopic (exact) mass is 369 g/mol. The number of anilines is 1. The lowest BCUT2D eigenvalue weighted by Gasteiger charge is -2.25. The Morgan fingerprint density at radius 1 is 1.04 bits per heavy atom. The maximum atomic E-state index is 12.2. The number of aryl methyl sites for hydroxylation is 1. The Labute approximate surface area is 158 Å². The molecule has 0 spiro atoms. The van der Waals surface area contributed by atoms with Gasteiger partial charge in [0.2, 0.25) is 0 Å². The number of benzene rings is 2. The van der Waals surface area contributed by atoms with E-state index in [9.17, 15) is 14.4 Å². The lowest BCUT2D eigenvalue weighted by molar-refractivity contribution is -0.136. The van der Waals surface area contributed by atoms with E-state index in [1.807, 2.05) is 49.3 Å². The molecule has 142 valence electrons. The molecule has 2 amide bonds. The number of carboxylic acid groups (broad SMARTS) is 1. The van der Waals surface area contributed by atoms with Crippen molar-refractivity contribution >= 4 is 23.5 Å². The third kappa shape index (κ3) is 5.39. The zero-order valence-electron chi connectivity index (χ0n) is 15.5. The van der Waals surface area contributed by atoms with Crippen LogP contribution in [0.25, 0.3) is 0 Å². The van der Waals surface area contributed by atoms with Gasteiger partial charge >= 0.3 is 17.8 Å². The molecule has 0 bridgehead atoms. The van der Waals surface area contributed by atoms with Gasteiger partial charge in [-0.15, -0.1) is 0 Å². The summed E-state index contributed by atoms with van der Waals surface area (Å²) in [7, 11) is 3.79. The van der Waals surface area contributed by atoms with Gasteiger partial charge in [0.05, 0.1) is 11.6 Å². The number of likely N-dealkylation sites (N-methyl/N-ethyl adjacent to an activating group) is 1. The first-order valence-electron chi connectivity index (χ1n) is 8.44. The van der Waals surface area contributed by atoms with Crippen molar-refractivity contribution in [2.24, 2.45) is 0 Å². The Hall–Kier alpha value is -3.19. The van der Waals surface area contributed by atoms with Crippen LogP contribution >= 0.6 is 0 Å². The molecule has 1 unspecified atom stereocenters. The maximum absolute atomic E-state index is 12.2. The van der Waals surface area contributed by atoms with Gasteiger partial charge in [-0.3, -0.25) is 9.59 Å².